The van der Waals surface area contributed by atoms with E-state index in [1.54, 1.807) is 0 Å². The number of hydrogen-bond acceptors (Lipinski definition) is 9. The molecule has 0 aliphatic carbocycles. The number of aliphatic hydroxyl groups excluding tert-OH is 3. The molecule has 1 aromatic rings. The van der Waals surface area contributed by atoms with Crippen LogP contribution in [0.5, 0.6) is 5.75 Å². The highest BCUT2D eigenvalue weighted by atomic mass is 31.2. The van der Waals surface area contributed by atoms with Crippen LogP contribution < -0.4 is 10.3 Å². The number of nitro benzene ring substituents is 1. The maximum atomic E-state index is 10.2. The van der Waals surface area contributed by atoms with Gasteiger partial charge in [-0.15, -0.1) is 0 Å². The Morgan fingerprint density at radius 2 is 1.57 bits per heavy atom. The van der Waals surface area contributed by atoms with Crippen molar-refractivity contribution in [1.29, 1.82) is 0 Å². The van der Waals surface area contributed by atoms with Gasteiger partial charge in [0, 0.05) is 12.1 Å². The van der Waals surface area contributed by atoms with Crippen LogP contribution in [0.3, 0.4) is 0 Å². The second-order valence-corrected chi connectivity index (χ2v) is 4.62. The van der Waals surface area contributed by atoms with Crippen molar-refractivity contribution >= 4 is 14.3 Å². The molecule has 0 saturated heterocycles. The molecule has 11 heteroatoms. The van der Waals surface area contributed by atoms with Crippen LogP contribution in [-0.4, -0.2) is 55.4 Å². The molecule has 0 unspecified atom stereocenters. The number of benzene rings is 1. The first-order valence-corrected chi connectivity index (χ1v) is 6.66. The third-order valence-corrected chi connectivity index (χ3v) is 2.55. The van der Waals surface area contributed by atoms with Gasteiger partial charge in [0.25, 0.3) is 5.69 Å². The molecule has 0 heterocycles. The lowest BCUT2D eigenvalue weighted by molar-refractivity contribution is -0.384. The largest absolute Gasteiger partial charge is 0.427 e. The van der Waals surface area contributed by atoms with Crippen LogP contribution in [0, 0.1) is 10.1 Å². The maximum Gasteiger partial charge on any atom is 0.391 e. The molecule has 1 rings (SSSR count). The average Bonchev–Trinajstić information content (AvgIpc) is 2.47. The van der Waals surface area contributed by atoms with Gasteiger partial charge < -0.3 is 35.4 Å². The molecular weight excluding hydrogens is 307 g/mol. The molecule has 0 radical (unpaired) electrons. The zero-order valence-corrected chi connectivity index (χ0v) is 11.8. The van der Waals surface area contributed by atoms with Crippen LogP contribution >= 0.6 is 8.60 Å². The van der Waals surface area contributed by atoms with E-state index in [9.17, 15) is 10.1 Å². The Labute approximate surface area is 121 Å². The Morgan fingerprint density at radius 3 is 1.81 bits per heavy atom. The van der Waals surface area contributed by atoms with Crippen LogP contribution in [0.15, 0.2) is 24.3 Å². The number of nitrogens with zero attached hydrogens (tertiary/aromatic N) is 1. The monoisotopic (exact) mass is 324 g/mol. The second-order valence-electron chi connectivity index (χ2n) is 3.93. The summed E-state index contributed by atoms with van der Waals surface area (Å²) >= 11 is 0. The minimum absolute atomic E-state index is 0.0763. The average molecular weight is 324 g/mol. The van der Waals surface area contributed by atoms with E-state index >= 15 is 0 Å². The molecule has 0 aliphatic heterocycles. The van der Waals surface area contributed by atoms with E-state index in [-0.39, 0.29) is 11.4 Å². The summed E-state index contributed by atoms with van der Waals surface area (Å²) < 4.78 is 4.50. The lowest BCUT2D eigenvalue weighted by Gasteiger charge is -2.20. The summed E-state index contributed by atoms with van der Waals surface area (Å²) in [6, 6.07) is 5.02. The molecule has 0 amide bonds. The topological polar surface area (TPSA) is 180 Å². The van der Waals surface area contributed by atoms with Gasteiger partial charge in [0.1, 0.15) is 5.75 Å². The molecule has 7 N–H and O–H groups in total. The summed E-state index contributed by atoms with van der Waals surface area (Å²) in [6.07, 6.45) is 0. The maximum absolute atomic E-state index is 10.2. The standard InChI is InChI=1S/C6H6NO5P.C4H11NO3/c8-7(9)5-1-3-6(4-2-5)12-13(10)11;5-4(1-6,2-7)3-8/h1-4,10-11H;6-8H,1-3,5H2. The van der Waals surface area contributed by atoms with Crippen LogP contribution in [0.4, 0.5) is 5.69 Å². The van der Waals surface area contributed by atoms with Gasteiger partial charge in [-0.3, -0.25) is 10.1 Å². The van der Waals surface area contributed by atoms with Crippen molar-refractivity contribution in [2.24, 2.45) is 5.73 Å². The summed E-state index contributed by atoms with van der Waals surface area (Å²) in [4.78, 5) is 26.6. The highest BCUT2D eigenvalue weighted by molar-refractivity contribution is 7.39. The first-order chi connectivity index (χ1) is 9.77. The van der Waals surface area contributed by atoms with E-state index in [1.165, 1.54) is 24.3 Å². The SMILES string of the molecule is NC(CO)(CO)CO.O=[N+]([O-])c1ccc(OP(O)O)cc1. The molecule has 0 atom stereocenters. The Bertz CT molecular complexity index is 415. The van der Waals surface area contributed by atoms with Crippen LogP contribution in [0.25, 0.3) is 0 Å². The van der Waals surface area contributed by atoms with Crippen LogP contribution in [0.2, 0.25) is 0 Å². The number of rotatable bonds is 6. The normalized spacial score (nSPS) is 10.8. The lowest BCUT2D eigenvalue weighted by Crippen LogP contribution is -2.50. The van der Waals surface area contributed by atoms with Gasteiger partial charge in [0.15, 0.2) is 0 Å². The van der Waals surface area contributed by atoms with Crippen molar-refractivity contribution in [3.05, 3.63) is 34.4 Å². The van der Waals surface area contributed by atoms with Gasteiger partial charge >= 0.3 is 8.60 Å². The number of hydrogen-bond donors (Lipinski definition) is 6. The van der Waals surface area contributed by atoms with Gasteiger partial charge in [-0.05, 0) is 12.1 Å². The molecule has 0 saturated carbocycles. The first-order valence-electron chi connectivity index (χ1n) is 5.49. The van der Waals surface area contributed by atoms with Gasteiger partial charge in [-0.25, -0.2) is 0 Å². The summed E-state index contributed by atoms with van der Waals surface area (Å²) in [7, 11) is -2.47. The number of aliphatic hydroxyl groups is 3. The second kappa shape index (κ2) is 9.53. The van der Waals surface area contributed by atoms with Crippen molar-refractivity contribution in [3.63, 3.8) is 0 Å². The van der Waals surface area contributed by atoms with Gasteiger partial charge in [-0.2, -0.15) is 0 Å². The smallest absolute Gasteiger partial charge is 0.391 e. The molecule has 0 fully saturated rings. The van der Waals surface area contributed by atoms with E-state index < -0.39 is 38.9 Å². The fourth-order valence-corrected chi connectivity index (χ4v) is 1.18. The van der Waals surface area contributed by atoms with Crippen molar-refractivity contribution in [2.45, 2.75) is 5.54 Å². The van der Waals surface area contributed by atoms with E-state index in [1.807, 2.05) is 0 Å². The lowest BCUT2D eigenvalue weighted by atomic mass is 10.1. The highest BCUT2D eigenvalue weighted by Crippen LogP contribution is 2.29. The van der Waals surface area contributed by atoms with E-state index in [0.29, 0.717) is 0 Å². The fourth-order valence-electron chi connectivity index (χ4n) is 0.873. The fraction of sp³-hybridized carbons (Fsp3) is 0.400. The predicted molar refractivity (Wildman–Crippen MR) is 73.3 cm³/mol. The Kier molecular flexibility index (Phi) is 8.90. The van der Waals surface area contributed by atoms with Crippen molar-refractivity contribution in [3.8, 4) is 5.75 Å². The summed E-state index contributed by atoms with van der Waals surface area (Å²) in [5, 5.41) is 35.2. The molecule has 0 aromatic heterocycles. The van der Waals surface area contributed by atoms with Crippen LogP contribution in [0.1, 0.15) is 0 Å². The van der Waals surface area contributed by atoms with Gasteiger partial charge in [0.05, 0.1) is 30.3 Å². The molecule has 0 bridgehead atoms. The summed E-state index contributed by atoms with van der Waals surface area (Å²) in [5.41, 5.74) is 3.86. The van der Waals surface area contributed by atoms with Crippen molar-refractivity contribution < 1.29 is 34.6 Å². The third-order valence-electron chi connectivity index (χ3n) is 2.18. The number of non-ortho nitro benzene ring substituents is 1. The van der Waals surface area contributed by atoms with E-state index in [0.717, 1.165) is 0 Å². The minimum atomic E-state index is -2.47. The molecular formula is C10H17N2O8P. The Balaban J connectivity index is 0.000000433. The number of nitrogens with two attached hydrogens (primary N) is 1. The minimum Gasteiger partial charge on any atom is -0.427 e. The predicted octanol–water partition coefficient (Wildman–Crippen LogP) is -1.15. The Hall–Kier alpha value is -1.39. The Morgan fingerprint density at radius 1 is 1.14 bits per heavy atom. The highest BCUT2D eigenvalue weighted by Gasteiger charge is 2.20. The summed E-state index contributed by atoms with van der Waals surface area (Å²) in [5.74, 6) is 0.182. The molecule has 21 heavy (non-hydrogen) atoms. The van der Waals surface area contributed by atoms with Gasteiger partial charge in [-0.1, -0.05) is 0 Å². The van der Waals surface area contributed by atoms with E-state index in [4.69, 9.17) is 30.8 Å². The first kappa shape index (κ1) is 19.6. The number of nitro groups is 1. The third kappa shape index (κ3) is 7.83. The molecule has 0 aliphatic rings. The van der Waals surface area contributed by atoms with Crippen molar-refractivity contribution in [2.75, 3.05) is 19.8 Å². The zero-order valence-electron chi connectivity index (χ0n) is 10.9. The molecule has 10 nitrogen and oxygen atoms in total. The van der Waals surface area contributed by atoms with Gasteiger partial charge in [0.2, 0.25) is 0 Å². The quantitative estimate of drug-likeness (QED) is 0.214. The molecule has 1 aromatic carbocycles. The van der Waals surface area contributed by atoms with E-state index in [2.05, 4.69) is 4.52 Å². The molecule has 0 spiro atoms. The zero-order chi connectivity index (χ0) is 16.5. The van der Waals surface area contributed by atoms with Crippen LogP contribution in [-0.2, 0) is 0 Å². The summed E-state index contributed by atoms with van der Waals surface area (Å²) in [6.45, 7) is -1.21. The van der Waals surface area contributed by atoms with Crippen molar-refractivity contribution in [1.82, 2.24) is 0 Å². The molecule has 120 valence electrons.